The van der Waals surface area contributed by atoms with Gasteiger partial charge in [-0.05, 0) is 25.7 Å². The van der Waals surface area contributed by atoms with Gasteiger partial charge in [-0.3, -0.25) is 4.79 Å². The van der Waals surface area contributed by atoms with Crippen molar-refractivity contribution in [1.82, 2.24) is 4.90 Å². The van der Waals surface area contributed by atoms with Gasteiger partial charge in [0.15, 0.2) is 0 Å². The SMILES string of the molecule is CCCCCCOCCCC(=O)N(CCCCC)CCCCC. The first kappa shape index (κ1) is 22.4. The molecule has 3 heteroatoms. The molecule has 3 nitrogen and oxygen atoms in total. The van der Waals surface area contributed by atoms with E-state index in [0.29, 0.717) is 12.3 Å². The van der Waals surface area contributed by atoms with Crippen LogP contribution in [0.3, 0.4) is 0 Å². The first-order valence-electron chi connectivity index (χ1n) is 10.1. The summed E-state index contributed by atoms with van der Waals surface area (Å²) in [7, 11) is 0. The van der Waals surface area contributed by atoms with Crippen molar-refractivity contribution in [2.75, 3.05) is 26.3 Å². The van der Waals surface area contributed by atoms with Crippen LogP contribution in [0.25, 0.3) is 0 Å². The average molecular weight is 328 g/mol. The lowest BCUT2D eigenvalue weighted by atomic mass is 10.2. The molecule has 0 aromatic rings. The highest BCUT2D eigenvalue weighted by atomic mass is 16.5. The fourth-order valence-corrected chi connectivity index (χ4v) is 2.68. The molecule has 0 saturated carbocycles. The molecule has 0 unspecified atom stereocenters. The summed E-state index contributed by atoms with van der Waals surface area (Å²) in [6.45, 7) is 10.1. The summed E-state index contributed by atoms with van der Waals surface area (Å²) in [6, 6.07) is 0. The van der Waals surface area contributed by atoms with Crippen LogP contribution in [0.5, 0.6) is 0 Å². The first-order chi connectivity index (χ1) is 11.3. The van der Waals surface area contributed by atoms with Crippen molar-refractivity contribution in [2.45, 2.75) is 97.8 Å². The van der Waals surface area contributed by atoms with Crippen molar-refractivity contribution in [1.29, 1.82) is 0 Å². The van der Waals surface area contributed by atoms with Gasteiger partial charge in [0.1, 0.15) is 0 Å². The Bertz CT molecular complexity index is 246. The number of carbonyl (C=O) groups is 1. The van der Waals surface area contributed by atoms with E-state index in [9.17, 15) is 4.79 Å². The Labute approximate surface area is 145 Å². The number of rotatable bonds is 17. The molecule has 0 radical (unpaired) electrons. The van der Waals surface area contributed by atoms with Gasteiger partial charge in [-0.15, -0.1) is 0 Å². The van der Waals surface area contributed by atoms with Gasteiger partial charge in [-0.2, -0.15) is 0 Å². The lowest BCUT2D eigenvalue weighted by Gasteiger charge is -2.23. The molecule has 138 valence electrons. The first-order valence-corrected chi connectivity index (χ1v) is 10.1. The highest BCUT2D eigenvalue weighted by molar-refractivity contribution is 5.76. The van der Waals surface area contributed by atoms with Crippen LogP contribution in [0.2, 0.25) is 0 Å². The fraction of sp³-hybridized carbons (Fsp3) is 0.950. The van der Waals surface area contributed by atoms with Gasteiger partial charge in [0.2, 0.25) is 5.91 Å². The van der Waals surface area contributed by atoms with Crippen LogP contribution in [0, 0.1) is 0 Å². The maximum Gasteiger partial charge on any atom is 0.222 e. The van der Waals surface area contributed by atoms with Gasteiger partial charge in [-0.1, -0.05) is 65.7 Å². The van der Waals surface area contributed by atoms with E-state index in [1.165, 1.54) is 44.9 Å². The molecule has 0 fully saturated rings. The number of hydrogen-bond donors (Lipinski definition) is 0. The summed E-state index contributed by atoms with van der Waals surface area (Å²) in [5, 5.41) is 0. The molecule has 0 aromatic heterocycles. The van der Waals surface area contributed by atoms with E-state index in [2.05, 4.69) is 25.7 Å². The molecule has 0 bridgehead atoms. The van der Waals surface area contributed by atoms with E-state index >= 15 is 0 Å². The van der Waals surface area contributed by atoms with Crippen molar-refractivity contribution < 1.29 is 9.53 Å². The van der Waals surface area contributed by atoms with Crippen molar-refractivity contribution in [3.05, 3.63) is 0 Å². The number of amides is 1. The minimum Gasteiger partial charge on any atom is -0.381 e. The van der Waals surface area contributed by atoms with Gasteiger partial charge in [0, 0.05) is 32.7 Å². The van der Waals surface area contributed by atoms with Crippen LogP contribution < -0.4 is 0 Å². The lowest BCUT2D eigenvalue weighted by Crippen LogP contribution is -2.33. The van der Waals surface area contributed by atoms with E-state index < -0.39 is 0 Å². The number of hydrogen-bond acceptors (Lipinski definition) is 2. The predicted octanol–water partition coefficient (Wildman–Crippen LogP) is 5.57. The maximum absolute atomic E-state index is 12.4. The van der Waals surface area contributed by atoms with E-state index in [1.807, 2.05) is 0 Å². The molecule has 0 aromatic carbocycles. The molecule has 0 rings (SSSR count). The zero-order valence-corrected chi connectivity index (χ0v) is 16.1. The summed E-state index contributed by atoms with van der Waals surface area (Å²) in [6.07, 6.45) is 13.6. The average Bonchev–Trinajstić information content (AvgIpc) is 2.56. The van der Waals surface area contributed by atoms with Gasteiger partial charge in [0.05, 0.1) is 0 Å². The van der Waals surface area contributed by atoms with Gasteiger partial charge >= 0.3 is 0 Å². The number of unbranched alkanes of at least 4 members (excludes halogenated alkanes) is 7. The summed E-state index contributed by atoms with van der Waals surface area (Å²) in [4.78, 5) is 14.5. The Morgan fingerprint density at radius 3 is 1.78 bits per heavy atom. The van der Waals surface area contributed by atoms with Crippen LogP contribution in [-0.4, -0.2) is 37.1 Å². The molecule has 0 spiro atoms. The number of nitrogens with zero attached hydrogens (tertiary/aromatic N) is 1. The Kier molecular flexibility index (Phi) is 17.3. The Balaban J connectivity index is 3.79. The molecule has 0 aliphatic carbocycles. The molecule has 0 saturated heterocycles. The molecule has 0 aliphatic heterocycles. The fourth-order valence-electron chi connectivity index (χ4n) is 2.68. The predicted molar refractivity (Wildman–Crippen MR) is 99.8 cm³/mol. The molecule has 0 aliphatic rings. The molecule has 23 heavy (non-hydrogen) atoms. The smallest absolute Gasteiger partial charge is 0.222 e. The maximum atomic E-state index is 12.4. The van der Waals surface area contributed by atoms with Crippen molar-refractivity contribution in [3.8, 4) is 0 Å². The van der Waals surface area contributed by atoms with Crippen LogP contribution in [0.15, 0.2) is 0 Å². The Morgan fingerprint density at radius 1 is 0.696 bits per heavy atom. The Morgan fingerprint density at radius 2 is 1.22 bits per heavy atom. The topological polar surface area (TPSA) is 29.5 Å². The largest absolute Gasteiger partial charge is 0.381 e. The highest BCUT2D eigenvalue weighted by Gasteiger charge is 2.12. The van der Waals surface area contributed by atoms with Crippen LogP contribution in [0.4, 0.5) is 0 Å². The summed E-state index contributed by atoms with van der Waals surface area (Å²) in [5.74, 6) is 0.326. The molecular formula is C20H41NO2. The van der Waals surface area contributed by atoms with Gasteiger partial charge in [0.25, 0.3) is 0 Å². The van der Waals surface area contributed by atoms with Gasteiger partial charge < -0.3 is 9.64 Å². The normalized spacial score (nSPS) is 10.9. The number of ether oxygens (including phenoxy) is 1. The van der Waals surface area contributed by atoms with Crippen LogP contribution in [-0.2, 0) is 9.53 Å². The second kappa shape index (κ2) is 17.8. The number of carbonyl (C=O) groups excluding carboxylic acids is 1. The standard InChI is InChI=1S/C20H41NO2/c1-4-7-10-13-18-23-19-14-15-20(22)21(16-11-8-5-2)17-12-9-6-3/h4-19H2,1-3H3. The molecule has 0 atom stereocenters. The van der Waals surface area contributed by atoms with Gasteiger partial charge in [-0.25, -0.2) is 0 Å². The third-order valence-electron chi connectivity index (χ3n) is 4.24. The quantitative estimate of drug-likeness (QED) is 0.327. The van der Waals surface area contributed by atoms with E-state index in [1.54, 1.807) is 0 Å². The summed E-state index contributed by atoms with van der Waals surface area (Å²) >= 11 is 0. The van der Waals surface area contributed by atoms with E-state index in [0.717, 1.165) is 52.0 Å². The van der Waals surface area contributed by atoms with Crippen molar-refractivity contribution in [3.63, 3.8) is 0 Å². The molecule has 0 heterocycles. The molecular weight excluding hydrogens is 286 g/mol. The third kappa shape index (κ3) is 14.7. The lowest BCUT2D eigenvalue weighted by molar-refractivity contribution is -0.131. The zero-order valence-electron chi connectivity index (χ0n) is 16.1. The van der Waals surface area contributed by atoms with Crippen molar-refractivity contribution >= 4 is 5.91 Å². The summed E-state index contributed by atoms with van der Waals surface area (Å²) < 4.78 is 5.64. The van der Waals surface area contributed by atoms with E-state index in [-0.39, 0.29) is 0 Å². The minimum absolute atomic E-state index is 0.326. The van der Waals surface area contributed by atoms with Crippen molar-refractivity contribution in [2.24, 2.45) is 0 Å². The monoisotopic (exact) mass is 327 g/mol. The third-order valence-corrected chi connectivity index (χ3v) is 4.24. The highest BCUT2D eigenvalue weighted by Crippen LogP contribution is 2.07. The zero-order chi connectivity index (χ0) is 17.2. The second-order valence-electron chi connectivity index (χ2n) is 6.57. The molecule has 1 amide bonds. The second-order valence-corrected chi connectivity index (χ2v) is 6.57. The minimum atomic E-state index is 0.326. The van der Waals surface area contributed by atoms with Crippen LogP contribution in [0.1, 0.15) is 97.8 Å². The Hall–Kier alpha value is -0.570. The summed E-state index contributed by atoms with van der Waals surface area (Å²) in [5.41, 5.74) is 0. The molecule has 0 N–H and O–H groups in total. The van der Waals surface area contributed by atoms with Crippen LogP contribution >= 0.6 is 0 Å². The van der Waals surface area contributed by atoms with E-state index in [4.69, 9.17) is 4.74 Å².